The van der Waals surface area contributed by atoms with E-state index in [0.717, 1.165) is 15.6 Å². The van der Waals surface area contributed by atoms with E-state index in [2.05, 4.69) is 31.3 Å². The molecule has 3 N–H and O–H groups in total. The number of halogens is 2. The summed E-state index contributed by atoms with van der Waals surface area (Å²) in [5.74, 6) is -0.0777. The first-order valence-corrected chi connectivity index (χ1v) is 10.6. The molecule has 0 bridgehead atoms. The predicted octanol–water partition coefficient (Wildman–Crippen LogP) is 3.15. The lowest BCUT2D eigenvalue weighted by atomic mass is 10.1. The van der Waals surface area contributed by atoms with Crippen molar-refractivity contribution in [2.75, 3.05) is 7.05 Å². The van der Waals surface area contributed by atoms with Crippen LogP contribution in [0.2, 0.25) is 5.02 Å². The van der Waals surface area contributed by atoms with E-state index in [-0.39, 0.29) is 11.8 Å². The van der Waals surface area contributed by atoms with Crippen molar-refractivity contribution in [2.24, 2.45) is 0 Å². The average molecular weight is 461 g/mol. The molecule has 26 heavy (non-hydrogen) atoms. The maximum atomic E-state index is 11.9. The maximum Gasteiger partial charge on any atom is 0.315 e. The highest BCUT2D eigenvalue weighted by atomic mass is 79.9. The van der Waals surface area contributed by atoms with Gasteiger partial charge in [-0.1, -0.05) is 57.9 Å². The van der Waals surface area contributed by atoms with Gasteiger partial charge < -0.3 is 10.6 Å². The van der Waals surface area contributed by atoms with Gasteiger partial charge in [0.25, 0.3) is 0 Å². The zero-order valence-corrected chi connectivity index (χ0v) is 17.2. The zero-order chi connectivity index (χ0) is 19.2. The van der Waals surface area contributed by atoms with E-state index in [1.165, 1.54) is 7.05 Å². The second-order valence-corrected chi connectivity index (χ2v) is 8.80. The van der Waals surface area contributed by atoms with Crippen LogP contribution in [0.15, 0.2) is 46.9 Å². The van der Waals surface area contributed by atoms with Crippen molar-refractivity contribution < 1.29 is 13.2 Å². The van der Waals surface area contributed by atoms with Crippen molar-refractivity contribution in [3.8, 4) is 0 Å². The molecule has 0 saturated carbocycles. The highest BCUT2D eigenvalue weighted by molar-refractivity contribution is 9.10. The Kier molecular flexibility index (Phi) is 7.45. The molecule has 0 spiro atoms. The number of rotatable bonds is 7. The van der Waals surface area contributed by atoms with E-state index in [0.29, 0.717) is 23.7 Å². The van der Waals surface area contributed by atoms with E-state index < -0.39 is 10.0 Å². The molecule has 0 heterocycles. The highest BCUT2D eigenvalue weighted by Crippen LogP contribution is 2.21. The van der Waals surface area contributed by atoms with Crippen LogP contribution in [-0.4, -0.2) is 21.5 Å². The number of carbonyl (C=O) groups excluding carboxylic acids is 1. The summed E-state index contributed by atoms with van der Waals surface area (Å²) in [5, 5.41) is 6.06. The second kappa shape index (κ2) is 9.36. The van der Waals surface area contributed by atoms with E-state index in [1.807, 2.05) is 12.1 Å². The second-order valence-electron chi connectivity index (χ2n) is 5.55. The van der Waals surface area contributed by atoms with Gasteiger partial charge in [0, 0.05) is 22.6 Å². The molecular weight excluding hydrogens is 442 g/mol. The van der Waals surface area contributed by atoms with Crippen LogP contribution in [0.25, 0.3) is 0 Å². The lowest BCUT2D eigenvalue weighted by Crippen LogP contribution is -2.34. The van der Waals surface area contributed by atoms with Crippen molar-refractivity contribution in [3.05, 3.63) is 68.7 Å². The normalized spacial score (nSPS) is 11.2. The summed E-state index contributed by atoms with van der Waals surface area (Å²) < 4.78 is 26.2. The molecule has 0 unspecified atom stereocenters. The fourth-order valence-corrected chi connectivity index (χ4v) is 3.65. The molecule has 0 aliphatic heterocycles. The van der Waals surface area contributed by atoms with Gasteiger partial charge in [-0.25, -0.2) is 17.9 Å². The summed E-state index contributed by atoms with van der Waals surface area (Å²) in [5.41, 5.74) is 2.37. The molecule has 0 aliphatic carbocycles. The Labute approximate surface area is 166 Å². The van der Waals surface area contributed by atoms with Crippen LogP contribution in [0.5, 0.6) is 0 Å². The minimum Gasteiger partial charge on any atom is -0.334 e. The van der Waals surface area contributed by atoms with E-state index in [9.17, 15) is 13.2 Å². The fourth-order valence-electron chi connectivity index (χ4n) is 2.13. The molecule has 6 nitrogen and oxygen atoms in total. The molecule has 0 saturated heterocycles. The molecule has 140 valence electrons. The highest BCUT2D eigenvalue weighted by Gasteiger charge is 2.08. The summed E-state index contributed by atoms with van der Waals surface area (Å²) >= 11 is 9.44. The number of hydrogen-bond acceptors (Lipinski definition) is 3. The van der Waals surface area contributed by atoms with Crippen LogP contribution >= 0.6 is 27.5 Å². The smallest absolute Gasteiger partial charge is 0.315 e. The summed E-state index contributed by atoms with van der Waals surface area (Å²) in [7, 11) is -1.91. The van der Waals surface area contributed by atoms with E-state index in [1.54, 1.807) is 30.3 Å². The van der Waals surface area contributed by atoms with Crippen molar-refractivity contribution in [1.82, 2.24) is 15.4 Å². The van der Waals surface area contributed by atoms with Crippen molar-refractivity contribution >= 4 is 43.6 Å². The molecule has 2 aromatic carbocycles. The molecule has 2 rings (SSSR count). The average Bonchev–Trinajstić information content (AvgIpc) is 2.60. The number of amides is 2. The summed E-state index contributed by atoms with van der Waals surface area (Å²) in [6.45, 7) is 0.651. The first-order valence-electron chi connectivity index (χ1n) is 7.74. The third kappa shape index (κ3) is 6.60. The van der Waals surface area contributed by atoms with Crippen LogP contribution in [0.4, 0.5) is 4.79 Å². The van der Waals surface area contributed by atoms with Gasteiger partial charge >= 0.3 is 6.03 Å². The lowest BCUT2D eigenvalue weighted by Gasteiger charge is -2.10. The van der Waals surface area contributed by atoms with Gasteiger partial charge in [-0.05, 0) is 35.9 Å². The number of hydrogen-bond donors (Lipinski definition) is 3. The summed E-state index contributed by atoms with van der Waals surface area (Å²) in [6.07, 6.45) is 0. The Morgan fingerprint density at radius 3 is 2.27 bits per heavy atom. The number of sulfonamides is 1. The minimum atomic E-state index is -3.29. The zero-order valence-electron chi connectivity index (χ0n) is 14.1. The molecular formula is C17H19BrClN3O3S. The Balaban J connectivity index is 1.81. The third-order valence-corrected chi connectivity index (χ3v) is 5.78. The number of carbonyl (C=O) groups is 1. The van der Waals surface area contributed by atoms with Crippen LogP contribution in [0.3, 0.4) is 0 Å². The Bertz CT molecular complexity index is 873. The van der Waals surface area contributed by atoms with Crippen molar-refractivity contribution in [1.29, 1.82) is 0 Å². The molecule has 2 aromatic rings. The number of nitrogens with one attached hydrogen (secondary N) is 3. The van der Waals surface area contributed by atoms with Crippen LogP contribution in [0.1, 0.15) is 16.7 Å². The molecule has 0 aromatic heterocycles. The van der Waals surface area contributed by atoms with Crippen molar-refractivity contribution in [3.63, 3.8) is 0 Å². The topological polar surface area (TPSA) is 87.3 Å². The Morgan fingerprint density at radius 1 is 1.04 bits per heavy atom. The molecule has 0 aliphatic rings. The van der Waals surface area contributed by atoms with Gasteiger partial charge in [0.2, 0.25) is 10.0 Å². The van der Waals surface area contributed by atoms with Gasteiger partial charge in [-0.3, -0.25) is 0 Å². The minimum absolute atomic E-state index is 0.0777. The SMILES string of the molecule is CNS(=O)(=O)Cc1ccc(CNC(=O)NCc2ccc(Br)cc2Cl)cc1. The lowest BCUT2D eigenvalue weighted by molar-refractivity contribution is 0.240. The molecule has 0 fully saturated rings. The van der Waals surface area contributed by atoms with Crippen LogP contribution in [0, 0.1) is 0 Å². The van der Waals surface area contributed by atoms with Crippen LogP contribution < -0.4 is 15.4 Å². The van der Waals surface area contributed by atoms with Gasteiger partial charge in [0.05, 0.1) is 5.75 Å². The Morgan fingerprint density at radius 2 is 1.65 bits per heavy atom. The maximum absolute atomic E-state index is 11.9. The van der Waals surface area contributed by atoms with E-state index in [4.69, 9.17) is 11.6 Å². The molecule has 9 heteroatoms. The van der Waals surface area contributed by atoms with Gasteiger partial charge in [0.1, 0.15) is 0 Å². The number of urea groups is 1. The third-order valence-electron chi connectivity index (χ3n) is 3.60. The predicted molar refractivity (Wildman–Crippen MR) is 106 cm³/mol. The van der Waals surface area contributed by atoms with Crippen molar-refractivity contribution in [2.45, 2.75) is 18.8 Å². The Hall–Kier alpha value is -1.61. The monoisotopic (exact) mass is 459 g/mol. The quantitative estimate of drug-likeness (QED) is 0.593. The van der Waals surface area contributed by atoms with E-state index >= 15 is 0 Å². The van der Waals surface area contributed by atoms with Gasteiger partial charge in [-0.2, -0.15) is 0 Å². The number of benzene rings is 2. The van der Waals surface area contributed by atoms with Gasteiger partial charge in [0.15, 0.2) is 0 Å². The molecule has 0 atom stereocenters. The molecule has 0 radical (unpaired) electrons. The standard InChI is InChI=1S/C17H19BrClN3O3S/c1-20-26(24,25)11-13-4-2-12(3-5-13)9-21-17(23)22-10-14-6-7-15(18)8-16(14)19/h2-8,20H,9-11H2,1H3,(H2,21,22,23). The van der Waals surface area contributed by atoms with Gasteiger partial charge in [-0.15, -0.1) is 0 Å². The summed E-state index contributed by atoms with van der Waals surface area (Å²) in [6, 6.07) is 12.2. The van der Waals surface area contributed by atoms with Crippen LogP contribution in [-0.2, 0) is 28.9 Å². The fraction of sp³-hybridized carbons (Fsp3) is 0.235. The first-order chi connectivity index (χ1) is 12.3. The summed E-state index contributed by atoms with van der Waals surface area (Å²) in [4.78, 5) is 11.9. The largest absolute Gasteiger partial charge is 0.334 e. The molecule has 2 amide bonds. The first kappa shape index (κ1) is 20.7.